The monoisotopic (exact) mass is 314 g/mol. The smallest absolute Gasteiger partial charge is 0.338 e. The lowest BCUT2D eigenvalue weighted by molar-refractivity contribution is 0.0599. The van der Waals surface area contributed by atoms with Gasteiger partial charge in [-0.3, -0.25) is 0 Å². The summed E-state index contributed by atoms with van der Waals surface area (Å²) in [5.74, 6) is -0.275. The zero-order valence-corrected chi connectivity index (χ0v) is 13.9. The standard InChI is InChI=1S/C15H22O5S/c1-6-11(7-2)20-13-8-10(3)12(15(16)19-4)9-14(13)21(5,17)18/h8-9,11H,6-7H2,1-5H3. The zero-order valence-electron chi connectivity index (χ0n) is 13.1. The lowest BCUT2D eigenvalue weighted by Crippen LogP contribution is -2.17. The van der Waals surface area contributed by atoms with E-state index in [0.717, 1.165) is 19.1 Å². The Bertz CT molecular complexity index is 615. The predicted octanol–water partition coefficient (Wildman–Crippen LogP) is 2.75. The van der Waals surface area contributed by atoms with Crippen LogP contribution in [0.2, 0.25) is 0 Å². The van der Waals surface area contributed by atoms with E-state index in [-0.39, 0.29) is 22.3 Å². The van der Waals surface area contributed by atoms with E-state index >= 15 is 0 Å². The van der Waals surface area contributed by atoms with E-state index in [1.807, 2.05) is 13.8 Å². The zero-order chi connectivity index (χ0) is 16.2. The van der Waals surface area contributed by atoms with Gasteiger partial charge in [-0.2, -0.15) is 0 Å². The van der Waals surface area contributed by atoms with Crippen molar-refractivity contribution >= 4 is 15.8 Å². The predicted molar refractivity (Wildman–Crippen MR) is 80.6 cm³/mol. The average Bonchev–Trinajstić information content (AvgIpc) is 2.42. The first-order chi connectivity index (χ1) is 9.74. The Labute approximate surface area is 126 Å². The quantitative estimate of drug-likeness (QED) is 0.755. The van der Waals surface area contributed by atoms with E-state index < -0.39 is 15.8 Å². The Hall–Kier alpha value is -1.56. The van der Waals surface area contributed by atoms with Crippen molar-refractivity contribution in [3.8, 4) is 5.75 Å². The summed E-state index contributed by atoms with van der Waals surface area (Å²) in [5, 5.41) is 0. The number of hydrogen-bond donors (Lipinski definition) is 0. The van der Waals surface area contributed by atoms with Crippen LogP contribution in [0.25, 0.3) is 0 Å². The highest BCUT2D eigenvalue weighted by molar-refractivity contribution is 7.90. The highest BCUT2D eigenvalue weighted by Gasteiger charge is 2.22. The van der Waals surface area contributed by atoms with E-state index in [1.165, 1.54) is 13.2 Å². The molecule has 0 saturated heterocycles. The molecule has 118 valence electrons. The molecule has 0 fully saturated rings. The van der Waals surface area contributed by atoms with Gasteiger partial charge in [0.1, 0.15) is 10.6 Å². The maximum Gasteiger partial charge on any atom is 0.338 e. The van der Waals surface area contributed by atoms with E-state index in [9.17, 15) is 13.2 Å². The topological polar surface area (TPSA) is 69.7 Å². The van der Waals surface area contributed by atoms with Crippen molar-refractivity contribution in [2.45, 2.75) is 44.6 Å². The van der Waals surface area contributed by atoms with Crippen LogP contribution in [0, 0.1) is 6.92 Å². The Kier molecular flexibility index (Phi) is 5.78. The van der Waals surface area contributed by atoms with Gasteiger partial charge in [0, 0.05) is 6.26 Å². The summed E-state index contributed by atoms with van der Waals surface area (Å²) < 4.78 is 34.4. The Balaban J connectivity index is 3.43. The van der Waals surface area contributed by atoms with Crippen molar-refractivity contribution in [2.75, 3.05) is 13.4 Å². The number of carbonyl (C=O) groups excluding carboxylic acids is 1. The second kappa shape index (κ2) is 6.93. The Morgan fingerprint density at radius 2 is 1.81 bits per heavy atom. The SMILES string of the molecule is CCC(CC)Oc1cc(C)c(C(=O)OC)cc1S(C)(=O)=O. The highest BCUT2D eigenvalue weighted by Crippen LogP contribution is 2.30. The molecular weight excluding hydrogens is 292 g/mol. The molecule has 0 aromatic heterocycles. The maximum atomic E-state index is 12.0. The molecule has 0 spiro atoms. The molecule has 0 saturated carbocycles. The molecule has 0 aliphatic rings. The minimum atomic E-state index is -3.51. The number of ether oxygens (including phenoxy) is 2. The van der Waals surface area contributed by atoms with Gasteiger partial charge in [-0.05, 0) is 37.5 Å². The number of esters is 1. The van der Waals surface area contributed by atoms with Gasteiger partial charge in [0.25, 0.3) is 0 Å². The summed E-state index contributed by atoms with van der Waals surface area (Å²) in [4.78, 5) is 11.7. The fourth-order valence-corrected chi connectivity index (χ4v) is 2.81. The van der Waals surface area contributed by atoms with Gasteiger partial charge in [-0.25, -0.2) is 13.2 Å². The summed E-state index contributed by atoms with van der Waals surface area (Å²) in [6.07, 6.45) is 2.59. The maximum absolute atomic E-state index is 12.0. The molecule has 6 heteroatoms. The molecule has 0 unspecified atom stereocenters. The Morgan fingerprint density at radius 3 is 2.24 bits per heavy atom. The third kappa shape index (κ3) is 4.20. The number of sulfone groups is 1. The first-order valence-electron chi connectivity index (χ1n) is 6.84. The highest BCUT2D eigenvalue weighted by atomic mass is 32.2. The fourth-order valence-electron chi connectivity index (χ4n) is 2.01. The molecule has 0 radical (unpaired) electrons. The summed E-state index contributed by atoms with van der Waals surface area (Å²) in [7, 11) is -2.25. The van der Waals surface area contributed by atoms with Gasteiger partial charge < -0.3 is 9.47 Å². The number of rotatable bonds is 6. The number of benzene rings is 1. The van der Waals surface area contributed by atoms with Crippen LogP contribution in [-0.4, -0.2) is 33.9 Å². The molecule has 0 aliphatic carbocycles. The normalized spacial score (nSPS) is 11.5. The minimum Gasteiger partial charge on any atom is -0.489 e. The third-order valence-corrected chi connectivity index (χ3v) is 4.42. The van der Waals surface area contributed by atoms with Gasteiger partial charge in [0.15, 0.2) is 9.84 Å². The summed E-state index contributed by atoms with van der Waals surface area (Å²) in [6.45, 7) is 5.67. The molecule has 0 bridgehead atoms. The molecule has 21 heavy (non-hydrogen) atoms. The molecule has 0 heterocycles. The van der Waals surface area contributed by atoms with Crippen LogP contribution in [0.15, 0.2) is 17.0 Å². The van der Waals surface area contributed by atoms with Gasteiger partial charge in [0.05, 0.1) is 18.8 Å². The van der Waals surface area contributed by atoms with Gasteiger partial charge in [-0.1, -0.05) is 13.8 Å². The van der Waals surface area contributed by atoms with Crippen LogP contribution in [-0.2, 0) is 14.6 Å². The van der Waals surface area contributed by atoms with E-state index in [0.29, 0.717) is 5.56 Å². The third-order valence-electron chi connectivity index (χ3n) is 3.30. The summed E-state index contributed by atoms with van der Waals surface area (Å²) in [5.41, 5.74) is 0.852. The molecule has 1 rings (SSSR count). The number of methoxy groups -OCH3 is 1. The van der Waals surface area contributed by atoms with Crippen molar-refractivity contribution in [1.29, 1.82) is 0 Å². The van der Waals surface area contributed by atoms with Crippen LogP contribution in [0.1, 0.15) is 42.6 Å². The first kappa shape index (κ1) is 17.5. The van der Waals surface area contributed by atoms with Crippen molar-refractivity contribution in [3.05, 3.63) is 23.3 Å². The molecule has 5 nitrogen and oxygen atoms in total. The van der Waals surface area contributed by atoms with E-state index in [4.69, 9.17) is 4.74 Å². The molecule has 1 aromatic carbocycles. The van der Waals surface area contributed by atoms with Crippen LogP contribution in [0.4, 0.5) is 0 Å². The van der Waals surface area contributed by atoms with E-state index in [2.05, 4.69) is 4.74 Å². The fraction of sp³-hybridized carbons (Fsp3) is 0.533. The second-order valence-electron chi connectivity index (χ2n) is 4.93. The largest absolute Gasteiger partial charge is 0.489 e. The van der Waals surface area contributed by atoms with Gasteiger partial charge in [0.2, 0.25) is 0 Å². The van der Waals surface area contributed by atoms with Crippen molar-refractivity contribution in [3.63, 3.8) is 0 Å². The number of hydrogen-bond acceptors (Lipinski definition) is 5. The molecular formula is C15H22O5S. The Morgan fingerprint density at radius 1 is 1.24 bits per heavy atom. The van der Waals surface area contributed by atoms with Gasteiger partial charge >= 0.3 is 5.97 Å². The molecule has 0 atom stereocenters. The minimum absolute atomic E-state index is 0.0143. The molecule has 1 aromatic rings. The first-order valence-corrected chi connectivity index (χ1v) is 8.73. The molecule has 0 aliphatic heterocycles. The summed E-state index contributed by atoms with van der Waals surface area (Å²) >= 11 is 0. The number of aryl methyl sites for hydroxylation is 1. The van der Waals surface area contributed by atoms with Crippen molar-refractivity contribution in [1.82, 2.24) is 0 Å². The van der Waals surface area contributed by atoms with Crippen LogP contribution in [0.5, 0.6) is 5.75 Å². The van der Waals surface area contributed by atoms with Crippen molar-refractivity contribution < 1.29 is 22.7 Å². The van der Waals surface area contributed by atoms with Gasteiger partial charge in [-0.15, -0.1) is 0 Å². The molecule has 0 amide bonds. The second-order valence-corrected chi connectivity index (χ2v) is 6.92. The van der Waals surface area contributed by atoms with E-state index in [1.54, 1.807) is 13.0 Å². The lowest BCUT2D eigenvalue weighted by atomic mass is 10.1. The average molecular weight is 314 g/mol. The lowest BCUT2D eigenvalue weighted by Gasteiger charge is -2.19. The number of carbonyl (C=O) groups is 1. The van der Waals surface area contributed by atoms with Crippen LogP contribution >= 0.6 is 0 Å². The molecule has 0 N–H and O–H groups in total. The summed E-state index contributed by atoms with van der Waals surface area (Å²) in [6, 6.07) is 2.91. The van der Waals surface area contributed by atoms with Crippen LogP contribution < -0.4 is 4.74 Å². The van der Waals surface area contributed by atoms with Crippen LogP contribution in [0.3, 0.4) is 0 Å². The van der Waals surface area contributed by atoms with Crippen molar-refractivity contribution in [2.24, 2.45) is 0 Å².